The van der Waals surface area contributed by atoms with Crippen LogP contribution in [0.25, 0.3) is 0 Å². The van der Waals surface area contributed by atoms with Gasteiger partial charge >= 0.3 is 0 Å². The SMILES string of the molecule is Nc1cc(=O)[nH]c(SCc2cc(Br)cc3c2OCC3)n1. The number of fused-ring (bicyclic) bond motifs is 1. The third kappa shape index (κ3) is 2.83. The van der Waals surface area contributed by atoms with Gasteiger partial charge in [-0.15, -0.1) is 0 Å². The maximum absolute atomic E-state index is 11.3. The molecule has 0 unspecified atom stereocenters. The van der Waals surface area contributed by atoms with Crippen molar-refractivity contribution in [1.29, 1.82) is 0 Å². The summed E-state index contributed by atoms with van der Waals surface area (Å²) in [6.07, 6.45) is 0.930. The summed E-state index contributed by atoms with van der Waals surface area (Å²) in [6, 6.07) is 5.38. The lowest BCUT2D eigenvalue weighted by molar-refractivity contribution is 0.354. The molecule has 0 radical (unpaired) electrons. The fourth-order valence-electron chi connectivity index (χ4n) is 2.12. The van der Waals surface area contributed by atoms with E-state index in [0.29, 0.717) is 10.9 Å². The molecule has 0 fully saturated rings. The van der Waals surface area contributed by atoms with Crippen molar-refractivity contribution in [3.63, 3.8) is 0 Å². The first-order chi connectivity index (χ1) is 9.61. The van der Waals surface area contributed by atoms with Crippen LogP contribution in [0.5, 0.6) is 5.75 Å². The molecule has 5 nitrogen and oxygen atoms in total. The number of ether oxygens (including phenoxy) is 1. The maximum Gasteiger partial charge on any atom is 0.253 e. The number of halogens is 1. The monoisotopic (exact) mass is 353 g/mol. The molecule has 1 aromatic heterocycles. The standard InChI is InChI=1S/C13H12BrN3O2S/c14-9-3-7-1-2-19-12(7)8(4-9)6-20-13-16-10(15)5-11(18)17-13/h3-5H,1-2,6H2,(H3,15,16,17,18). The molecule has 0 aliphatic carbocycles. The Hall–Kier alpha value is -1.47. The molecule has 2 aromatic rings. The molecule has 0 spiro atoms. The molecular formula is C13H12BrN3O2S. The quantitative estimate of drug-likeness (QED) is 0.653. The highest BCUT2D eigenvalue weighted by atomic mass is 79.9. The number of nitrogens with zero attached hydrogens (tertiary/aromatic N) is 1. The Morgan fingerprint density at radius 1 is 1.45 bits per heavy atom. The first-order valence-corrected chi connectivity index (χ1v) is 7.83. The summed E-state index contributed by atoms with van der Waals surface area (Å²) >= 11 is 4.94. The van der Waals surface area contributed by atoms with Crippen LogP contribution in [0.3, 0.4) is 0 Å². The first-order valence-electron chi connectivity index (χ1n) is 6.05. The number of hydrogen-bond donors (Lipinski definition) is 2. The molecule has 2 heterocycles. The van der Waals surface area contributed by atoms with E-state index in [2.05, 4.69) is 32.0 Å². The highest BCUT2D eigenvalue weighted by Gasteiger charge is 2.17. The number of benzene rings is 1. The number of thioether (sulfide) groups is 1. The Bertz CT molecular complexity index is 717. The van der Waals surface area contributed by atoms with Gasteiger partial charge < -0.3 is 15.5 Å². The Labute approximate surface area is 128 Å². The van der Waals surface area contributed by atoms with E-state index in [1.165, 1.54) is 23.4 Å². The second-order valence-corrected chi connectivity index (χ2v) is 6.30. The molecule has 0 saturated heterocycles. The van der Waals surface area contributed by atoms with Crippen molar-refractivity contribution in [2.75, 3.05) is 12.3 Å². The van der Waals surface area contributed by atoms with Gasteiger partial charge in [-0.3, -0.25) is 4.79 Å². The van der Waals surface area contributed by atoms with Gasteiger partial charge in [0.2, 0.25) is 0 Å². The summed E-state index contributed by atoms with van der Waals surface area (Å²) in [5, 5.41) is 0.515. The predicted molar refractivity (Wildman–Crippen MR) is 82.2 cm³/mol. The van der Waals surface area contributed by atoms with Gasteiger partial charge in [-0.05, 0) is 17.7 Å². The number of nitrogens with two attached hydrogens (primary N) is 1. The number of anilines is 1. The summed E-state index contributed by atoms with van der Waals surface area (Å²) in [6.45, 7) is 0.719. The summed E-state index contributed by atoms with van der Waals surface area (Å²) in [4.78, 5) is 18.1. The van der Waals surface area contributed by atoms with Gasteiger partial charge in [0, 0.05) is 28.3 Å². The molecule has 0 saturated carbocycles. The van der Waals surface area contributed by atoms with Gasteiger partial charge in [0.25, 0.3) is 5.56 Å². The van der Waals surface area contributed by atoms with Crippen LogP contribution in [0.4, 0.5) is 5.82 Å². The summed E-state index contributed by atoms with van der Waals surface area (Å²) < 4.78 is 6.70. The molecule has 7 heteroatoms. The molecule has 0 amide bonds. The van der Waals surface area contributed by atoms with E-state index in [9.17, 15) is 4.79 Å². The van der Waals surface area contributed by atoms with Crippen LogP contribution in [0.1, 0.15) is 11.1 Å². The van der Waals surface area contributed by atoms with Crippen molar-refractivity contribution in [3.8, 4) is 5.75 Å². The molecule has 1 aliphatic heterocycles. The Morgan fingerprint density at radius 3 is 3.10 bits per heavy atom. The second kappa shape index (κ2) is 5.49. The number of nitrogens with one attached hydrogen (secondary N) is 1. The van der Waals surface area contributed by atoms with Crippen molar-refractivity contribution < 1.29 is 4.74 Å². The van der Waals surface area contributed by atoms with Crippen molar-refractivity contribution in [3.05, 3.63) is 44.2 Å². The number of nitrogen functional groups attached to an aromatic ring is 1. The number of H-pyrrole nitrogens is 1. The van der Waals surface area contributed by atoms with Gasteiger partial charge in [-0.25, -0.2) is 4.98 Å². The van der Waals surface area contributed by atoms with E-state index in [-0.39, 0.29) is 11.4 Å². The largest absolute Gasteiger partial charge is 0.493 e. The number of hydrogen-bond acceptors (Lipinski definition) is 5. The fourth-order valence-corrected chi connectivity index (χ4v) is 3.52. The van der Waals surface area contributed by atoms with Crippen LogP contribution in [0, 0.1) is 0 Å². The third-order valence-corrected chi connectivity index (χ3v) is 4.31. The third-order valence-electron chi connectivity index (χ3n) is 2.93. The maximum atomic E-state index is 11.3. The molecule has 0 atom stereocenters. The van der Waals surface area contributed by atoms with Gasteiger partial charge in [0.15, 0.2) is 5.16 Å². The molecule has 20 heavy (non-hydrogen) atoms. The van der Waals surface area contributed by atoms with Crippen molar-refractivity contribution in [2.24, 2.45) is 0 Å². The lowest BCUT2D eigenvalue weighted by atomic mass is 10.1. The number of aromatic amines is 1. The minimum absolute atomic E-state index is 0.229. The predicted octanol–water partition coefficient (Wildman–Crippen LogP) is 2.34. The minimum Gasteiger partial charge on any atom is -0.493 e. The van der Waals surface area contributed by atoms with E-state index in [1.807, 2.05) is 6.07 Å². The summed E-state index contributed by atoms with van der Waals surface area (Å²) in [7, 11) is 0. The van der Waals surface area contributed by atoms with Gasteiger partial charge in [-0.1, -0.05) is 27.7 Å². The first kappa shape index (κ1) is 13.5. The van der Waals surface area contributed by atoms with Gasteiger partial charge in [0.05, 0.1) is 6.61 Å². The lowest BCUT2D eigenvalue weighted by Gasteiger charge is -2.08. The zero-order valence-corrected chi connectivity index (χ0v) is 12.9. The minimum atomic E-state index is -0.240. The Morgan fingerprint density at radius 2 is 2.30 bits per heavy atom. The van der Waals surface area contributed by atoms with Gasteiger partial charge in [0.1, 0.15) is 11.6 Å². The molecule has 0 bridgehead atoms. The Kier molecular flexibility index (Phi) is 3.71. The summed E-state index contributed by atoms with van der Waals surface area (Å²) in [5.74, 6) is 1.84. The zero-order valence-electron chi connectivity index (χ0n) is 10.5. The normalized spacial score (nSPS) is 13.1. The molecule has 1 aliphatic rings. The number of rotatable bonds is 3. The van der Waals surface area contributed by atoms with Gasteiger partial charge in [-0.2, -0.15) is 0 Å². The smallest absolute Gasteiger partial charge is 0.253 e. The van der Waals surface area contributed by atoms with Crippen molar-refractivity contribution >= 4 is 33.5 Å². The van der Waals surface area contributed by atoms with Crippen molar-refractivity contribution in [1.82, 2.24) is 9.97 Å². The molecule has 3 rings (SSSR count). The molecular weight excluding hydrogens is 342 g/mol. The van der Waals surface area contributed by atoms with Crippen LogP contribution in [-0.2, 0) is 12.2 Å². The van der Waals surface area contributed by atoms with Crippen LogP contribution in [0.2, 0.25) is 0 Å². The van der Waals surface area contributed by atoms with Crippen LogP contribution >= 0.6 is 27.7 Å². The number of aromatic nitrogens is 2. The Balaban J connectivity index is 1.84. The van der Waals surface area contributed by atoms with E-state index in [0.717, 1.165) is 28.8 Å². The van der Waals surface area contributed by atoms with Crippen LogP contribution in [-0.4, -0.2) is 16.6 Å². The van der Waals surface area contributed by atoms with E-state index < -0.39 is 0 Å². The lowest BCUT2D eigenvalue weighted by Crippen LogP contribution is -2.09. The second-order valence-electron chi connectivity index (χ2n) is 4.42. The molecule has 3 N–H and O–H groups in total. The molecule has 1 aromatic carbocycles. The summed E-state index contributed by atoms with van der Waals surface area (Å²) in [5.41, 5.74) is 7.62. The van der Waals surface area contributed by atoms with Crippen LogP contribution < -0.4 is 16.0 Å². The average molecular weight is 354 g/mol. The highest BCUT2D eigenvalue weighted by molar-refractivity contribution is 9.10. The van der Waals surface area contributed by atoms with E-state index >= 15 is 0 Å². The fraction of sp³-hybridized carbons (Fsp3) is 0.231. The topological polar surface area (TPSA) is 81.0 Å². The molecule has 104 valence electrons. The highest BCUT2D eigenvalue weighted by Crippen LogP contribution is 2.35. The van der Waals surface area contributed by atoms with E-state index in [1.54, 1.807) is 0 Å². The van der Waals surface area contributed by atoms with E-state index in [4.69, 9.17) is 10.5 Å². The van der Waals surface area contributed by atoms with Crippen LogP contribution in [0.15, 0.2) is 32.6 Å². The average Bonchev–Trinajstić information content (AvgIpc) is 2.82. The zero-order chi connectivity index (χ0) is 14.1. The van der Waals surface area contributed by atoms with Crippen molar-refractivity contribution in [2.45, 2.75) is 17.3 Å².